The highest BCUT2D eigenvalue weighted by molar-refractivity contribution is 7.12. The lowest BCUT2D eigenvalue weighted by molar-refractivity contribution is -0.140. The summed E-state index contributed by atoms with van der Waals surface area (Å²) in [6, 6.07) is 6.21. The third kappa shape index (κ3) is 4.21. The van der Waals surface area contributed by atoms with Crippen LogP contribution in [0.25, 0.3) is 28.5 Å². The fraction of sp³-hybridized carbons (Fsp3) is 0.0500. The monoisotopic (exact) mass is 443 g/mol. The first-order valence-electron chi connectivity index (χ1n) is 8.72. The van der Waals surface area contributed by atoms with Gasteiger partial charge in [0.1, 0.15) is 5.52 Å². The number of thiazole rings is 1. The van der Waals surface area contributed by atoms with E-state index in [1.165, 1.54) is 30.5 Å². The maximum atomic E-state index is 12.7. The number of halogens is 3. The number of alkyl halides is 3. The van der Waals surface area contributed by atoms with Crippen LogP contribution in [0.3, 0.4) is 0 Å². The van der Waals surface area contributed by atoms with Crippen LogP contribution in [0.1, 0.15) is 26.6 Å². The second-order valence-electron chi connectivity index (χ2n) is 6.37. The van der Waals surface area contributed by atoms with Crippen LogP contribution >= 0.6 is 11.3 Å². The van der Waals surface area contributed by atoms with Gasteiger partial charge in [0.05, 0.1) is 11.9 Å². The maximum Gasteiger partial charge on any atom is 0.434 e. The van der Waals surface area contributed by atoms with Crippen molar-refractivity contribution >= 4 is 40.3 Å². The molecule has 7 nitrogen and oxygen atoms in total. The van der Waals surface area contributed by atoms with Gasteiger partial charge in [-0.25, -0.2) is 15.0 Å². The molecular formula is C20H12F3N5O2S. The van der Waals surface area contributed by atoms with Crippen LogP contribution in [0.5, 0.6) is 0 Å². The Bertz CT molecular complexity index is 1320. The van der Waals surface area contributed by atoms with E-state index in [1.807, 2.05) is 0 Å². The van der Waals surface area contributed by atoms with Gasteiger partial charge < -0.3 is 10.7 Å². The van der Waals surface area contributed by atoms with Crippen molar-refractivity contribution < 1.29 is 22.8 Å². The van der Waals surface area contributed by atoms with Crippen LogP contribution in [0.4, 0.5) is 13.2 Å². The molecule has 11 heteroatoms. The van der Waals surface area contributed by atoms with Gasteiger partial charge in [-0.3, -0.25) is 9.59 Å². The summed E-state index contributed by atoms with van der Waals surface area (Å²) < 4.78 is 38.1. The van der Waals surface area contributed by atoms with Gasteiger partial charge in [-0.05, 0) is 6.08 Å². The summed E-state index contributed by atoms with van der Waals surface area (Å²) in [5.74, 6) is -1.19. The summed E-state index contributed by atoms with van der Waals surface area (Å²) in [4.78, 5) is 38.5. The molecular weight excluding hydrogens is 431 g/mol. The number of nitrogens with zero attached hydrogens (tertiary/aromatic N) is 3. The van der Waals surface area contributed by atoms with E-state index in [1.54, 1.807) is 18.3 Å². The number of amides is 1. The molecule has 0 spiro atoms. The first-order chi connectivity index (χ1) is 14.7. The molecule has 3 N–H and O–H groups in total. The Labute approximate surface area is 176 Å². The van der Waals surface area contributed by atoms with E-state index in [0.717, 1.165) is 5.38 Å². The number of hydrogen-bond donors (Lipinski definition) is 2. The summed E-state index contributed by atoms with van der Waals surface area (Å²) >= 11 is 0.645. The number of ketones is 1. The molecule has 0 unspecified atom stereocenters. The number of nitrogens with one attached hydrogen (secondary N) is 1. The van der Waals surface area contributed by atoms with E-state index in [-0.39, 0.29) is 10.6 Å². The van der Waals surface area contributed by atoms with E-state index >= 15 is 0 Å². The quantitative estimate of drug-likeness (QED) is 0.359. The van der Waals surface area contributed by atoms with E-state index in [4.69, 9.17) is 5.73 Å². The summed E-state index contributed by atoms with van der Waals surface area (Å²) in [6.07, 6.45) is 1.30. The molecule has 4 aromatic rings. The molecule has 0 fully saturated rings. The number of carbonyl (C=O) groups is 2. The van der Waals surface area contributed by atoms with Crippen LogP contribution in [-0.2, 0) is 11.0 Å². The van der Waals surface area contributed by atoms with Crippen LogP contribution in [-0.4, -0.2) is 31.6 Å². The van der Waals surface area contributed by atoms with Crippen LogP contribution in [0.15, 0.2) is 48.1 Å². The number of rotatable bonds is 5. The zero-order valence-electron chi connectivity index (χ0n) is 15.5. The normalized spacial score (nSPS) is 12.0. The summed E-state index contributed by atoms with van der Waals surface area (Å²) in [7, 11) is 0. The van der Waals surface area contributed by atoms with E-state index in [0.29, 0.717) is 39.3 Å². The summed E-state index contributed by atoms with van der Waals surface area (Å²) in [6.45, 7) is 0. The number of hydrogen-bond acceptors (Lipinski definition) is 6. The standard InChI is InChI=1S/C20H12F3N5O2S/c21-20(22,23)14-9-31-19(28-14)17(30)11-3-1-10(2-4-11)13-8-26-18-16(27-13)12(7-25-18)5-6-15(24)29/h1-9H,(H2,24,29)(H,25,26). The molecule has 1 amide bonds. The largest absolute Gasteiger partial charge is 0.434 e. The van der Waals surface area contributed by atoms with Gasteiger partial charge in [-0.2, -0.15) is 13.2 Å². The van der Waals surface area contributed by atoms with Gasteiger partial charge >= 0.3 is 6.18 Å². The third-order valence-corrected chi connectivity index (χ3v) is 5.11. The van der Waals surface area contributed by atoms with Crippen molar-refractivity contribution in [1.29, 1.82) is 0 Å². The minimum atomic E-state index is -4.60. The zero-order chi connectivity index (χ0) is 22.2. The molecule has 156 valence electrons. The van der Waals surface area contributed by atoms with E-state index in [9.17, 15) is 22.8 Å². The average Bonchev–Trinajstić information content (AvgIpc) is 3.39. The predicted molar refractivity (Wildman–Crippen MR) is 108 cm³/mol. The lowest BCUT2D eigenvalue weighted by atomic mass is 10.1. The Kier molecular flexibility index (Phi) is 5.11. The van der Waals surface area contributed by atoms with Gasteiger partial charge in [-0.15, -0.1) is 11.3 Å². The molecule has 0 radical (unpaired) electrons. The summed E-state index contributed by atoms with van der Waals surface area (Å²) in [5.41, 5.74) is 7.05. The predicted octanol–water partition coefficient (Wildman–Crippen LogP) is 3.83. The van der Waals surface area contributed by atoms with Gasteiger partial charge in [0.2, 0.25) is 11.7 Å². The Morgan fingerprint density at radius 3 is 2.52 bits per heavy atom. The fourth-order valence-corrected chi connectivity index (χ4v) is 3.56. The van der Waals surface area contributed by atoms with Crippen molar-refractivity contribution in [2.24, 2.45) is 5.73 Å². The highest BCUT2D eigenvalue weighted by Crippen LogP contribution is 2.31. The highest BCUT2D eigenvalue weighted by atomic mass is 32.1. The van der Waals surface area contributed by atoms with Crippen LogP contribution in [0, 0.1) is 0 Å². The number of aromatic nitrogens is 4. The lowest BCUT2D eigenvalue weighted by Gasteiger charge is -2.03. The molecule has 3 aromatic heterocycles. The molecule has 0 aliphatic rings. The number of primary amides is 1. The fourth-order valence-electron chi connectivity index (χ4n) is 2.77. The van der Waals surface area contributed by atoms with Gasteiger partial charge in [0.25, 0.3) is 0 Å². The molecule has 0 bridgehead atoms. The molecule has 0 aliphatic heterocycles. The zero-order valence-corrected chi connectivity index (χ0v) is 16.3. The van der Waals surface area contributed by atoms with Crippen molar-refractivity contribution in [3.63, 3.8) is 0 Å². The molecule has 0 saturated carbocycles. The molecule has 4 rings (SSSR count). The topological polar surface area (TPSA) is 115 Å². The second kappa shape index (κ2) is 7.76. The van der Waals surface area contributed by atoms with Crippen LogP contribution in [0.2, 0.25) is 0 Å². The average molecular weight is 443 g/mol. The van der Waals surface area contributed by atoms with E-state index in [2.05, 4.69) is 19.9 Å². The first-order valence-corrected chi connectivity index (χ1v) is 9.60. The smallest absolute Gasteiger partial charge is 0.366 e. The van der Waals surface area contributed by atoms with Crippen molar-refractivity contribution in [1.82, 2.24) is 19.9 Å². The van der Waals surface area contributed by atoms with Crippen molar-refractivity contribution in [2.45, 2.75) is 6.18 Å². The van der Waals surface area contributed by atoms with Gasteiger partial charge in [0.15, 0.2) is 16.3 Å². The third-order valence-electron chi connectivity index (χ3n) is 4.27. The number of nitrogens with two attached hydrogens (primary N) is 1. The molecule has 31 heavy (non-hydrogen) atoms. The SMILES string of the molecule is NC(=O)C=Cc1c[nH]c2ncc(-c3ccc(C(=O)c4nc(C(F)(F)F)cs4)cc3)nc12. The Morgan fingerprint density at radius 2 is 1.87 bits per heavy atom. The van der Waals surface area contributed by atoms with Crippen LogP contribution < -0.4 is 5.73 Å². The first kappa shape index (κ1) is 20.4. The summed E-state index contributed by atoms with van der Waals surface area (Å²) in [5, 5.41) is 0.576. The van der Waals surface area contributed by atoms with Crippen molar-refractivity contribution in [3.05, 3.63) is 69.9 Å². The van der Waals surface area contributed by atoms with E-state index < -0.39 is 23.6 Å². The number of benzene rings is 1. The number of fused-ring (bicyclic) bond motifs is 1. The van der Waals surface area contributed by atoms with Crippen molar-refractivity contribution in [2.75, 3.05) is 0 Å². The molecule has 0 aliphatic carbocycles. The lowest BCUT2D eigenvalue weighted by Crippen LogP contribution is -2.07. The molecule has 0 saturated heterocycles. The van der Waals surface area contributed by atoms with Gasteiger partial charge in [-0.1, -0.05) is 24.3 Å². The van der Waals surface area contributed by atoms with Crippen molar-refractivity contribution in [3.8, 4) is 11.3 Å². The minimum Gasteiger partial charge on any atom is -0.366 e. The Morgan fingerprint density at radius 1 is 1.13 bits per heavy atom. The second-order valence-corrected chi connectivity index (χ2v) is 7.23. The molecule has 1 aromatic carbocycles. The van der Waals surface area contributed by atoms with Gasteiger partial charge in [0, 0.05) is 34.3 Å². The number of H-pyrrole nitrogens is 1. The molecule has 0 atom stereocenters. The molecule has 3 heterocycles. The maximum absolute atomic E-state index is 12.7. The number of carbonyl (C=O) groups excluding carboxylic acids is 2. The minimum absolute atomic E-state index is 0.201. The Balaban J connectivity index is 1.61. The Hall–Kier alpha value is -3.86. The highest BCUT2D eigenvalue weighted by Gasteiger charge is 2.34. The number of aromatic amines is 1.